The largest absolute Gasteiger partial charge is 0.493 e. The van der Waals surface area contributed by atoms with E-state index in [1.54, 1.807) is 6.07 Å². The number of benzene rings is 1. The molecule has 1 aromatic rings. The summed E-state index contributed by atoms with van der Waals surface area (Å²) in [6.07, 6.45) is 1.70. The molecule has 120 valence electrons. The minimum atomic E-state index is -3.01. The zero-order chi connectivity index (χ0) is 16.0. The molecule has 0 aliphatic rings. The van der Waals surface area contributed by atoms with Crippen LogP contribution in [0.2, 0.25) is 5.02 Å². The molecule has 0 aliphatic carbocycles. The molecule has 0 saturated carbocycles. The van der Waals surface area contributed by atoms with Gasteiger partial charge in [0.05, 0.1) is 25.0 Å². The first-order valence-corrected chi connectivity index (χ1v) is 9.08. The maximum absolute atomic E-state index is 11.4. The highest BCUT2D eigenvalue weighted by atomic mass is 35.5. The number of hydrogen-bond acceptors (Lipinski definition) is 5. The van der Waals surface area contributed by atoms with Gasteiger partial charge in [0.15, 0.2) is 11.5 Å². The summed E-state index contributed by atoms with van der Waals surface area (Å²) in [5, 5.41) is 3.71. The van der Waals surface area contributed by atoms with Crippen LogP contribution >= 0.6 is 11.6 Å². The van der Waals surface area contributed by atoms with Crippen LogP contribution in [0.1, 0.15) is 24.9 Å². The van der Waals surface area contributed by atoms with E-state index in [9.17, 15) is 8.42 Å². The summed E-state index contributed by atoms with van der Waals surface area (Å²) >= 11 is 6.20. The predicted octanol–water partition coefficient (Wildman–Crippen LogP) is 2.44. The van der Waals surface area contributed by atoms with Crippen LogP contribution in [0.4, 0.5) is 0 Å². The van der Waals surface area contributed by atoms with Gasteiger partial charge >= 0.3 is 0 Å². The Morgan fingerprint density at radius 1 is 1.29 bits per heavy atom. The first kappa shape index (κ1) is 18.1. The Balaban J connectivity index is 3.10. The van der Waals surface area contributed by atoms with E-state index >= 15 is 0 Å². The molecule has 21 heavy (non-hydrogen) atoms. The fourth-order valence-corrected chi connectivity index (χ4v) is 3.06. The lowest BCUT2D eigenvalue weighted by Crippen LogP contribution is -2.23. The molecule has 1 rings (SSSR count). The maximum Gasteiger partial charge on any atom is 0.179 e. The Morgan fingerprint density at radius 2 is 1.95 bits per heavy atom. The molecule has 0 spiro atoms. The molecule has 7 heteroatoms. The van der Waals surface area contributed by atoms with E-state index in [1.807, 2.05) is 13.0 Å². The van der Waals surface area contributed by atoms with Crippen molar-refractivity contribution in [3.8, 4) is 11.5 Å². The van der Waals surface area contributed by atoms with Gasteiger partial charge in [-0.3, -0.25) is 0 Å². The van der Waals surface area contributed by atoms with Gasteiger partial charge in [-0.15, -0.1) is 0 Å². The van der Waals surface area contributed by atoms with E-state index in [2.05, 4.69) is 5.32 Å². The lowest BCUT2D eigenvalue weighted by molar-refractivity contribution is 0.354. The third-order valence-corrected chi connectivity index (χ3v) is 4.34. The van der Waals surface area contributed by atoms with Crippen LogP contribution in [0.25, 0.3) is 0 Å². The number of hydrogen-bond donors (Lipinski definition) is 1. The van der Waals surface area contributed by atoms with Crippen LogP contribution in [-0.4, -0.2) is 41.2 Å². The Kier molecular flexibility index (Phi) is 6.77. The van der Waals surface area contributed by atoms with Crippen LogP contribution < -0.4 is 14.8 Å². The first-order valence-electron chi connectivity index (χ1n) is 6.64. The summed E-state index contributed by atoms with van der Waals surface area (Å²) in [6.45, 7) is 2.69. The van der Waals surface area contributed by atoms with E-state index < -0.39 is 9.84 Å². The molecule has 0 bridgehead atoms. The number of methoxy groups -OCH3 is 2. The average molecular weight is 336 g/mol. The van der Waals surface area contributed by atoms with Gasteiger partial charge in [0, 0.05) is 12.3 Å². The van der Waals surface area contributed by atoms with E-state index in [1.165, 1.54) is 20.5 Å². The summed E-state index contributed by atoms with van der Waals surface area (Å²) < 4.78 is 33.2. The van der Waals surface area contributed by atoms with Crippen molar-refractivity contribution in [1.82, 2.24) is 5.32 Å². The van der Waals surface area contributed by atoms with Gasteiger partial charge < -0.3 is 14.8 Å². The highest BCUT2D eigenvalue weighted by molar-refractivity contribution is 7.90. The van der Waals surface area contributed by atoms with Crippen molar-refractivity contribution in [1.29, 1.82) is 0 Å². The summed E-state index contributed by atoms with van der Waals surface area (Å²) in [7, 11) is 0.0480. The van der Waals surface area contributed by atoms with Crippen molar-refractivity contribution >= 4 is 21.4 Å². The molecule has 0 radical (unpaired) electrons. The Morgan fingerprint density at radius 3 is 2.43 bits per heavy atom. The molecule has 1 aromatic carbocycles. The molecule has 0 fully saturated rings. The number of nitrogens with one attached hydrogen (secondary N) is 1. The van der Waals surface area contributed by atoms with Crippen molar-refractivity contribution in [3.05, 3.63) is 22.7 Å². The molecule has 0 heterocycles. The van der Waals surface area contributed by atoms with Gasteiger partial charge in [-0.25, -0.2) is 8.42 Å². The van der Waals surface area contributed by atoms with Gasteiger partial charge in [0.1, 0.15) is 9.84 Å². The first-order chi connectivity index (χ1) is 9.82. The van der Waals surface area contributed by atoms with Crippen LogP contribution in [0.3, 0.4) is 0 Å². The predicted molar refractivity (Wildman–Crippen MR) is 85.3 cm³/mol. The van der Waals surface area contributed by atoms with Gasteiger partial charge in [0.25, 0.3) is 0 Å². The average Bonchev–Trinajstić information content (AvgIpc) is 2.41. The highest BCUT2D eigenvalue weighted by Gasteiger charge is 2.18. The van der Waals surface area contributed by atoms with Gasteiger partial charge in [-0.2, -0.15) is 0 Å². The number of sulfone groups is 1. The van der Waals surface area contributed by atoms with Crippen LogP contribution in [0, 0.1) is 0 Å². The topological polar surface area (TPSA) is 64.6 Å². The zero-order valence-electron chi connectivity index (χ0n) is 12.8. The molecule has 1 atom stereocenters. The lowest BCUT2D eigenvalue weighted by atomic mass is 10.0. The maximum atomic E-state index is 11.4. The summed E-state index contributed by atoms with van der Waals surface area (Å²) in [5.41, 5.74) is 0.878. The summed E-state index contributed by atoms with van der Waals surface area (Å²) in [4.78, 5) is 0. The Labute approximate surface area is 131 Å². The van der Waals surface area contributed by atoms with Gasteiger partial charge in [0.2, 0.25) is 0 Å². The van der Waals surface area contributed by atoms with E-state index in [0.717, 1.165) is 12.1 Å². The molecule has 0 saturated heterocycles. The van der Waals surface area contributed by atoms with E-state index in [0.29, 0.717) is 22.9 Å². The molecule has 5 nitrogen and oxygen atoms in total. The van der Waals surface area contributed by atoms with Gasteiger partial charge in [-0.1, -0.05) is 18.5 Å². The number of rotatable bonds is 8. The smallest absolute Gasteiger partial charge is 0.179 e. The second-order valence-electron chi connectivity index (χ2n) is 4.77. The molecule has 0 amide bonds. The van der Waals surface area contributed by atoms with Crippen molar-refractivity contribution in [2.24, 2.45) is 0 Å². The van der Waals surface area contributed by atoms with Crippen LogP contribution in [0.15, 0.2) is 12.1 Å². The van der Waals surface area contributed by atoms with Crippen LogP contribution in [0.5, 0.6) is 11.5 Å². The van der Waals surface area contributed by atoms with Crippen molar-refractivity contribution in [2.45, 2.75) is 19.4 Å². The standard InChI is InChI=1S/C14H22ClNO4S/c1-5-16-12(6-7-21(4,17)18)10-8-11(15)14(20-3)13(9-10)19-2/h8-9,12,16H,5-7H2,1-4H3. The molecule has 0 aromatic heterocycles. The van der Waals surface area contributed by atoms with E-state index in [4.69, 9.17) is 21.1 Å². The molecular formula is C14H22ClNO4S. The second kappa shape index (κ2) is 7.87. The third-order valence-electron chi connectivity index (χ3n) is 3.09. The Hall–Kier alpha value is -0.980. The SMILES string of the molecule is CCNC(CCS(C)(=O)=O)c1cc(Cl)c(OC)c(OC)c1. The minimum absolute atomic E-state index is 0.108. The third kappa shape index (κ3) is 5.37. The van der Waals surface area contributed by atoms with Crippen molar-refractivity contribution in [2.75, 3.05) is 32.8 Å². The Bertz CT molecular complexity index is 575. The molecule has 0 aliphatic heterocycles. The zero-order valence-corrected chi connectivity index (χ0v) is 14.3. The highest BCUT2D eigenvalue weighted by Crippen LogP contribution is 2.38. The summed E-state index contributed by atoms with van der Waals surface area (Å²) in [6, 6.07) is 3.49. The summed E-state index contributed by atoms with van der Waals surface area (Å²) in [5.74, 6) is 1.11. The lowest BCUT2D eigenvalue weighted by Gasteiger charge is -2.20. The minimum Gasteiger partial charge on any atom is -0.493 e. The van der Waals surface area contributed by atoms with E-state index in [-0.39, 0.29) is 11.8 Å². The monoisotopic (exact) mass is 335 g/mol. The molecule has 1 unspecified atom stereocenters. The van der Waals surface area contributed by atoms with Crippen molar-refractivity contribution < 1.29 is 17.9 Å². The number of halogens is 1. The second-order valence-corrected chi connectivity index (χ2v) is 7.43. The normalized spacial score (nSPS) is 13.0. The quantitative estimate of drug-likeness (QED) is 0.790. The van der Waals surface area contributed by atoms with Crippen LogP contribution in [-0.2, 0) is 9.84 Å². The fraction of sp³-hybridized carbons (Fsp3) is 0.571. The molecule has 1 N–H and O–H groups in total. The fourth-order valence-electron chi connectivity index (χ4n) is 2.10. The van der Waals surface area contributed by atoms with Gasteiger partial charge in [-0.05, 0) is 30.7 Å². The molecular weight excluding hydrogens is 314 g/mol. The van der Waals surface area contributed by atoms with Crippen molar-refractivity contribution in [3.63, 3.8) is 0 Å². The number of ether oxygens (including phenoxy) is 2.